The average molecular weight is 699 g/mol. The van der Waals surface area contributed by atoms with Crippen LogP contribution in [0.3, 0.4) is 0 Å². The van der Waals surface area contributed by atoms with Crippen molar-refractivity contribution in [3.05, 3.63) is 174 Å². The van der Waals surface area contributed by atoms with Gasteiger partial charge in [0.2, 0.25) is 0 Å². The van der Waals surface area contributed by atoms with Gasteiger partial charge in [-0.25, -0.2) is 44.3 Å². The SMILES string of the molecule is OC(COc1ccc(C(O)(c2cncnc2)c2cccc3nc4ccccc4nc23)cc1F)(c1cncnc1)c1cccc2nc3ccccc3nc12. The molecule has 0 bridgehead atoms. The molecule has 9 rings (SSSR count). The number of ether oxygens (including phenoxy) is 1. The standard InChI is InChI=1S/C41H27FN8O3/c42-30-17-25(41(52,27-20-45-24-46-21-27)29-8-6-14-36-39(29)50-34-12-4-2-10-32(34)48-36)15-16-37(30)53-22-40(51,26-18-43-23-44-19-26)28-7-5-13-35-38(28)49-33-11-3-1-9-31(33)47-35/h1-21,23-24,51-52H,22H2. The first-order valence-corrected chi connectivity index (χ1v) is 16.6. The summed E-state index contributed by atoms with van der Waals surface area (Å²) in [6.45, 7) is -0.437. The molecular weight excluding hydrogens is 672 g/mol. The number of benzene rings is 5. The van der Waals surface area contributed by atoms with Crippen molar-refractivity contribution < 1.29 is 19.3 Å². The van der Waals surface area contributed by atoms with Gasteiger partial charge in [0, 0.05) is 47.0 Å². The van der Waals surface area contributed by atoms with E-state index in [4.69, 9.17) is 24.7 Å². The minimum Gasteiger partial charge on any atom is -0.487 e. The highest BCUT2D eigenvalue weighted by Gasteiger charge is 2.39. The molecule has 256 valence electrons. The lowest BCUT2D eigenvalue weighted by atomic mass is 9.80. The van der Waals surface area contributed by atoms with E-state index >= 15 is 4.39 Å². The normalized spacial score (nSPS) is 13.9. The van der Waals surface area contributed by atoms with E-state index in [-0.39, 0.29) is 11.3 Å². The second kappa shape index (κ2) is 12.7. The Balaban J connectivity index is 1.13. The molecule has 2 unspecified atom stereocenters. The molecule has 0 amide bonds. The van der Waals surface area contributed by atoms with Gasteiger partial charge in [0.05, 0.1) is 44.1 Å². The molecule has 2 atom stereocenters. The summed E-state index contributed by atoms with van der Waals surface area (Å²) < 4.78 is 22.4. The molecule has 53 heavy (non-hydrogen) atoms. The summed E-state index contributed by atoms with van der Waals surface area (Å²) >= 11 is 0. The molecule has 12 heteroatoms. The fraction of sp³-hybridized carbons (Fsp3) is 0.0732. The van der Waals surface area contributed by atoms with E-state index in [0.717, 1.165) is 0 Å². The highest BCUT2D eigenvalue weighted by atomic mass is 19.1. The number of hydrogen-bond donors (Lipinski definition) is 2. The van der Waals surface area contributed by atoms with Gasteiger partial charge in [-0.1, -0.05) is 54.6 Å². The van der Waals surface area contributed by atoms with Crippen molar-refractivity contribution in [2.45, 2.75) is 11.2 Å². The monoisotopic (exact) mass is 698 g/mol. The molecule has 0 spiro atoms. The number of aromatic nitrogens is 8. The van der Waals surface area contributed by atoms with Crippen LogP contribution >= 0.6 is 0 Å². The van der Waals surface area contributed by atoms with Crippen LogP contribution < -0.4 is 4.74 Å². The molecule has 0 aliphatic rings. The summed E-state index contributed by atoms with van der Waals surface area (Å²) in [5, 5.41) is 25.2. The average Bonchev–Trinajstić information content (AvgIpc) is 3.21. The van der Waals surface area contributed by atoms with Gasteiger partial charge in [-0.05, 0) is 54.1 Å². The quantitative estimate of drug-likeness (QED) is 0.175. The molecular formula is C41H27FN8O3. The maximum absolute atomic E-state index is 16.3. The molecule has 0 aliphatic heterocycles. The zero-order valence-corrected chi connectivity index (χ0v) is 27.7. The van der Waals surface area contributed by atoms with E-state index in [2.05, 4.69) is 19.9 Å². The third kappa shape index (κ3) is 5.44. The molecule has 0 radical (unpaired) electrons. The smallest absolute Gasteiger partial charge is 0.165 e. The van der Waals surface area contributed by atoms with Crippen LogP contribution in [0.1, 0.15) is 27.8 Å². The van der Waals surface area contributed by atoms with Crippen LogP contribution in [0.5, 0.6) is 5.75 Å². The number of nitrogens with zero attached hydrogens (tertiary/aromatic N) is 8. The predicted octanol–water partition coefficient (Wildman–Crippen LogP) is 6.20. The number of hydrogen-bond acceptors (Lipinski definition) is 11. The maximum Gasteiger partial charge on any atom is 0.165 e. The van der Waals surface area contributed by atoms with E-state index in [9.17, 15) is 10.2 Å². The van der Waals surface area contributed by atoms with Crippen LogP contribution in [0.15, 0.2) is 141 Å². The summed E-state index contributed by atoms with van der Waals surface area (Å²) in [6.07, 6.45) is 8.59. The van der Waals surface area contributed by atoms with Crippen LogP contribution in [-0.4, -0.2) is 56.7 Å². The predicted molar refractivity (Wildman–Crippen MR) is 195 cm³/mol. The molecule has 11 nitrogen and oxygen atoms in total. The lowest BCUT2D eigenvalue weighted by Crippen LogP contribution is -2.35. The van der Waals surface area contributed by atoms with Gasteiger partial charge in [-0.3, -0.25) is 0 Å². The molecule has 9 aromatic rings. The highest BCUT2D eigenvalue weighted by molar-refractivity contribution is 5.90. The van der Waals surface area contributed by atoms with Gasteiger partial charge in [0.25, 0.3) is 0 Å². The first kappa shape index (κ1) is 32.0. The van der Waals surface area contributed by atoms with E-state index in [1.54, 1.807) is 36.4 Å². The van der Waals surface area contributed by atoms with Gasteiger partial charge < -0.3 is 14.9 Å². The lowest BCUT2D eigenvalue weighted by molar-refractivity contribution is 0.0267. The Hall–Kier alpha value is -6.89. The van der Waals surface area contributed by atoms with Crippen LogP contribution in [0.25, 0.3) is 44.1 Å². The number of para-hydroxylation sites is 6. The second-order valence-electron chi connectivity index (χ2n) is 12.5. The summed E-state index contributed by atoms with van der Waals surface area (Å²) in [4.78, 5) is 35.8. The highest BCUT2D eigenvalue weighted by Crippen LogP contribution is 2.41. The first-order valence-electron chi connectivity index (χ1n) is 16.6. The van der Waals surface area contributed by atoms with Gasteiger partial charge in [0.15, 0.2) is 17.2 Å². The minimum absolute atomic E-state index is 0.169. The number of fused-ring (bicyclic) bond motifs is 4. The van der Waals surface area contributed by atoms with Crippen molar-refractivity contribution in [1.29, 1.82) is 0 Å². The fourth-order valence-electron chi connectivity index (χ4n) is 6.73. The van der Waals surface area contributed by atoms with Crippen LogP contribution in [0, 0.1) is 5.82 Å². The lowest BCUT2D eigenvalue weighted by Gasteiger charge is -2.31. The third-order valence-electron chi connectivity index (χ3n) is 9.38. The molecule has 4 aromatic heterocycles. The van der Waals surface area contributed by atoms with Crippen molar-refractivity contribution >= 4 is 44.1 Å². The Bertz CT molecular complexity index is 2810. The Labute approximate surface area is 300 Å². The first-order chi connectivity index (χ1) is 25.9. The summed E-state index contributed by atoms with van der Waals surface area (Å²) in [5.41, 5.74) is 2.33. The molecule has 5 aromatic carbocycles. The van der Waals surface area contributed by atoms with Crippen molar-refractivity contribution in [3.8, 4) is 5.75 Å². The summed E-state index contributed by atoms with van der Waals surface area (Å²) in [7, 11) is 0. The van der Waals surface area contributed by atoms with Crippen molar-refractivity contribution in [3.63, 3.8) is 0 Å². The van der Waals surface area contributed by atoms with E-state index in [1.165, 1.54) is 49.6 Å². The Morgan fingerprint density at radius 3 is 1.57 bits per heavy atom. The Kier molecular flexibility index (Phi) is 7.68. The molecule has 0 fully saturated rings. The van der Waals surface area contributed by atoms with Crippen LogP contribution in [0.2, 0.25) is 0 Å². The summed E-state index contributed by atoms with van der Waals surface area (Å²) in [6, 6.07) is 29.6. The molecule has 2 N–H and O–H groups in total. The largest absolute Gasteiger partial charge is 0.487 e. The second-order valence-corrected chi connectivity index (χ2v) is 12.5. The Morgan fingerprint density at radius 2 is 1.00 bits per heavy atom. The van der Waals surface area contributed by atoms with Crippen molar-refractivity contribution in [2.24, 2.45) is 0 Å². The summed E-state index contributed by atoms with van der Waals surface area (Å²) in [5.74, 6) is -0.957. The molecule has 0 aliphatic carbocycles. The van der Waals surface area contributed by atoms with Crippen LogP contribution in [-0.2, 0) is 11.2 Å². The van der Waals surface area contributed by atoms with Gasteiger partial charge in [-0.15, -0.1) is 0 Å². The zero-order valence-electron chi connectivity index (χ0n) is 27.7. The van der Waals surface area contributed by atoms with E-state index in [1.807, 2.05) is 54.6 Å². The number of rotatable bonds is 8. The van der Waals surface area contributed by atoms with Crippen molar-refractivity contribution in [2.75, 3.05) is 6.61 Å². The van der Waals surface area contributed by atoms with E-state index < -0.39 is 23.6 Å². The van der Waals surface area contributed by atoms with Crippen molar-refractivity contribution in [1.82, 2.24) is 39.9 Å². The van der Waals surface area contributed by atoms with Gasteiger partial charge in [0.1, 0.15) is 24.9 Å². The third-order valence-corrected chi connectivity index (χ3v) is 9.38. The molecule has 4 heterocycles. The number of aliphatic hydroxyl groups is 2. The minimum atomic E-state index is -1.95. The van der Waals surface area contributed by atoms with E-state index in [0.29, 0.717) is 66.4 Å². The zero-order chi connectivity index (χ0) is 36.0. The molecule has 0 saturated carbocycles. The fourth-order valence-corrected chi connectivity index (χ4v) is 6.73. The van der Waals surface area contributed by atoms with Gasteiger partial charge in [-0.2, -0.15) is 0 Å². The van der Waals surface area contributed by atoms with Crippen LogP contribution in [0.4, 0.5) is 4.39 Å². The molecule has 0 saturated heterocycles. The number of halogens is 1. The topological polar surface area (TPSA) is 153 Å². The Morgan fingerprint density at radius 1 is 0.509 bits per heavy atom. The maximum atomic E-state index is 16.3. The van der Waals surface area contributed by atoms with Gasteiger partial charge >= 0.3 is 0 Å².